The summed E-state index contributed by atoms with van der Waals surface area (Å²) in [5, 5.41) is 3.19. The van der Waals surface area contributed by atoms with E-state index in [1.54, 1.807) is 6.08 Å². The lowest BCUT2D eigenvalue weighted by atomic mass is 10.0. The van der Waals surface area contributed by atoms with Gasteiger partial charge in [-0.25, -0.2) is 8.78 Å². The van der Waals surface area contributed by atoms with Gasteiger partial charge in [0.25, 0.3) is 0 Å². The number of halogens is 3. The van der Waals surface area contributed by atoms with Crippen molar-refractivity contribution in [1.82, 2.24) is 5.32 Å². The zero-order valence-electron chi connectivity index (χ0n) is 9.77. The Hall–Kier alpha value is -0.740. The minimum atomic E-state index is -0.517. The molecule has 0 aliphatic rings. The maximum Gasteiger partial charge on any atom is 0.143 e. The van der Waals surface area contributed by atoms with Gasteiger partial charge in [-0.2, -0.15) is 0 Å². The van der Waals surface area contributed by atoms with Crippen LogP contribution in [-0.2, 0) is 6.42 Å². The van der Waals surface area contributed by atoms with Crippen LogP contribution in [0.3, 0.4) is 0 Å². The molecule has 0 saturated carbocycles. The molecule has 0 aromatic heterocycles. The molecule has 0 fully saturated rings. The van der Waals surface area contributed by atoms with Gasteiger partial charge in [-0.1, -0.05) is 13.0 Å². The SMILES string of the molecule is C=CCC(Cc1c(F)ccc(Br)c1F)NCC. The third-order valence-electron chi connectivity index (χ3n) is 2.53. The molecule has 1 aromatic carbocycles. The van der Waals surface area contributed by atoms with Crippen LogP contribution >= 0.6 is 15.9 Å². The Labute approximate surface area is 109 Å². The van der Waals surface area contributed by atoms with E-state index in [-0.39, 0.29) is 11.6 Å². The zero-order valence-corrected chi connectivity index (χ0v) is 11.4. The first-order chi connectivity index (χ1) is 8.10. The van der Waals surface area contributed by atoms with Gasteiger partial charge >= 0.3 is 0 Å². The molecule has 0 saturated heterocycles. The van der Waals surface area contributed by atoms with E-state index in [2.05, 4.69) is 27.8 Å². The van der Waals surface area contributed by atoms with Crippen molar-refractivity contribution in [3.63, 3.8) is 0 Å². The molecule has 0 aliphatic carbocycles. The van der Waals surface area contributed by atoms with E-state index in [1.807, 2.05) is 6.92 Å². The third kappa shape index (κ3) is 3.89. The zero-order chi connectivity index (χ0) is 12.8. The quantitative estimate of drug-likeness (QED) is 0.622. The Morgan fingerprint density at radius 1 is 1.47 bits per heavy atom. The summed E-state index contributed by atoms with van der Waals surface area (Å²) >= 11 is 3.07. The maximum atomic E-state index is 13.8. The highest BCUT2D eigenvalue weighted by Crippen LogP contribution is 2.23. The van der Waals surface area contributed by atoms with Gasteiger partial charge < -0.3 is 5.32 Å². The van der Waals surface area contributed by atoms with E-state index in [9.17, 15) is 8.78 Å². The Kier molecular flexibility index (Phi) is 5.78. The number of rotatable bonds is 6. The van der Waals surface area contributed by atoms with Crippen LogP contribution in [-0.4, -0.2) is 12.6 Å². The van der Waals surface area contributed by atoms with Gasteiger partial charge in [0, 0.05) is 11.6 Å². The Balaban J connectivity index is 2.91. The molecule has 94 valence electrons. The lowest BCUT2D eigenvalue weighted by Crippen LogP contribution is -2.31. The second kappa shape index (κ2) is 6.87. The Bertz CT molecular complexity index is 393. The largest absolute Gasteiger partial charge is 0.314 e. The van der Waals surface area contributed by atoms with E-state index in [1.165, 1.54) is 12.1 Å². The molecule has 1 nitrogen and oxygen atoms in total. The second-order valence-electron chi connectivity index (χ2n) is 3.80. The predicted octanol–water partition coefficient (Wildman–Crippen LogP) is 3.82. The smallest absolute Gasteiger partial charge is 0.143 e. The molecule has 0 radical (unpaired) electrons. The molecule has 0 amide bonds. The van der Waals surface area contributed by atoms with Crippen LogP contribution in [0, 0.1) is 11.6 Å². The van der Waals surface area contributed by atoms with Crippen molar-refractivity contribution in [1.29, 1.82) is 0 Å². The highest BCUT2D eigenvalue weighted by Gasteiger charge is 2.16. The molecule has 1 rings (SSSR count). The van der Waals surface area contributed by atoms with Crippen molar-refractivity contribution >= 4 is 15.9 Å². The van der Waals surface area contributed by atoms with Crippen LogP contribution in [0.15, 0.2) is 29.3 Å². The molecule has 1 N–H and O–H groups in total. The summed E-state index contributed by atoms with van der Waals surface area (Å²) in [5.74, 6) is -1.02. The molecule has 17 heavy (non-hydrogen) atoms. The molecule has 0 spiro atoms. The molecule has 0 heterocycles. The Morgan fingerprint density at radius 2 is 2.18 bits per heavy atom. The standard InChI is InChI=1S/C13H16BrF2N/c1-3-5-9(17-4-2)8-10-12(15)7-6-11(14)13(10)16/h3,6-7,9,17H,1,4-5,8H2,2H3. The van der Waals surface area contributed by atoms with Gasteiger partial charge in [-0.15, -0.1) is 6.58 Å². The van der Waals surface area contributed by atoms with Crippen LogP contribution in [0.25, 0.3) is 0 Å². The van der Waals surface area contributed by atoms with E-state index in [4.69, 9.17) is 0 Å². The Morgan fingerprint density at radius 3 is 2.76 bits per heavy atom. The summed E-state index contributed by atoms with van der Waals surface area (Å²) < 4.78 is 27.6. The van der Waals surface area contributed by atoms with Crippen LogP contribution in [0.1, 0.15) is 18.9 Å². The van der Waals surface area contributed by atoms with Crippen LogP contribution in [0.2, 0.25) is 0 Å². The maximum absolute atomic E-state index is 13.8. The van der Waals surface area contributed by atoms with Crippen LogP contribution < -0.4 is 5.32 Å². The molecular formula is C13H16BrF2N. The summed E-state index contributed by atoms with van der Waals surface area (Å²) in [5.41, 5.74) is 0.118. The van der Waals surface area contributed by atoms with Gasteiger partial charge in [0.1, 0.15) is 11.6 Å². The van der Waals surface area contributed by atoms with Gasteiger partial charge in [-0.05, 0) is 47.4 Å². The van der Waals surface area contributed by atoms with E-state index >= 15 is 0 Å². The monoisotopic (exact) mass is 303 g/mol. The number of hydrogen-bond donors (Lipinski definition) is 1. The highest BCUT2D eigenvalue weighted by molar-refractivity contribution is 9.10. The van der Waals surface area contributed by atoms with Gasteiger partial charge in [0.05, 0.1) is 4.47 Å². The van der Waals surface area contributed by atoms with Gasteiger partial charge in [0.15, 0.2) is 0 Å². The van der Waals surface area contributed by atoms with Crippen molar-refractivity contribution in [2.45, 2.75) is 25.8 Å². The number of hydrogen-bond acceptors (Lipinski definition) is 1. The van der Waals surface area contributed by atoms with Gasteiger partial charge in [0.2, 0.25) is 0 Å². The fourth-order valence-corrected chi connectivity index (χ4v) is 2.10. The summed E-state index contributed by atoms with van der Waals surface area (Å²) in [4.78, 5) is 0. The molecule has 1 atom stereocenters. The molecule has 0 bridgehead atoms. The lowest BCUT2D eigenvalue weighted by Gasteiger charge is -2.17. The van der Waals surface area contributed by atoms with Crippen molar-refractivity contribution in [3.8, 4) is 0 Å². The summed E-state index contributed by atoms with van der Waals surface area (Å²) in [7, 11) is 0. The van der Waals surface area contributed by atoms with E-state index < -0.39 is 11.6 Å². The molecule has 4 heteroatoms. The summed E-state index contributed by atoms with van der Waals surface area (Å²) in [6.07, 6.45) is 2.75. The predicted molar refractivity (Wildman–Crippen MR) is 70.0 cm³/mol. The van der Waals surface area contributed by atoms with Gasteiger partial charge in [-0.3, -0.25) is 0 Å². The first-order valence-corrected chi connectivity index (χ1v) is 6.36. The average molecular weight is 304 g/mol. The van der Waals surface area contributed by atoms with Crippen LogP contribution in [0.4, 0.5) is 8.78 Å². The minimum absolute atomic E-state index is 0.01000. The first-order valence-electron chi connectivity index (χ1n) is 5.56. The molecule has 0 aliphatic heterocycles. The highest BCUT2D eigenvalue weighted by atomic mass is 79.9. The van der Waals surface area contributed by atoms with Crippen molar-refractivity contribution in [2.75, 3.05) is 6.54 Å². The summed E-state index contributed by atoms with van der Waals surface area (Å²) in [6, 6.07) is 2.67. The van der Waals surface area contributed by atoms with Crippen molar-refractivity contribution in [3.05, 3.63) is 46.5 Å². The minimum Gasteiger partial charge on any atom is -0.314 e. The fraction of sp³-hybridized carbons (Fsp3) is 0.385. The number of nitrogens with one attached hydrogen (secondary N) is 1. The first kappa shape index (κ1) is 14.3. The lowest BCUT2D eigenvalue weighted by molar-refractivity contribution is 0.487. The average Bonchev–Trinajstić information content (AvgIpc) is 2.30. The number of benzene rings is 1. The van der Waals surface area contributed by atoms with Crippen molar-refractivity contribution < 1.29 is 8.78 Å². The van der Waals surface area contributed by atoms with Crippen molar-refractivity contribution in [2.24, 2.45) is 0 Å². The summed E-state index contributed by atoms with van der Waals surface area (Å²) in [6.45, 7) is 6.37. The van der Waals surface area contributed by atoms with Crippen LogP contribution in [0.5, 0.6) is 0 Å². The topological polar surface area (TPSA) is 12.0 Å². The third-order valence-corrected chi connectivity index (χ3v) is 3.15. The molecule has 1 unspecified atom stereocenters. The molecule has 1 aromatic rings. The second-order valence-corrected chi connectivity index (χ2v) is 4.66. The normalized spacial score (nSPS) is 12.5. The van der Waals surface area contributed by atoms with E-state index in [0.717, 1.165) is 6.54 Å². The number of likely N-dealkylation sites (N-methyl/N-ethyl adjacent to an activating group) is 1. The molecular weight excluding hydrogens is 288 g/mol. The fourth-order valence-electron chi connectivity index (χ4n) is 1.73. The van der Waals surface area contributed by atoms with E-state index in [0.29, 0.717) is 17.3 Å².